The van der Waals surface area contributed by atoms with Gasteiger partial charge in [0.1, 0.15) is 11.5 Å². The van der Waals surface area contributed by atoms with E-state index in [9.17, 15) is 19.2 Å². The molecule has 2 N–H and O–H groups in total. The summed E-state index contributed by atoms with van der Waals surface area (Å²) in [4.78, 5) is 54.3. The van der Waals surface area contributed by atoms with Crippen LogP contribution in [-0.4, -0.2) is 60.0 Å². The SMILES string of the molecule is CCCCCCCCCCCCCC(=O)Nc1ccc(C2CC(=O)Oc3cc(O[C@H](C)C(=O)N4CCC(NC(=O)CCCCCP(Cl)(c5ccccc5)(c5ccccc5)c5ccccc5)CC4)ccc32)c(Cl)c1. The predicted molar refractivity (Wildman–Crippen MR) is 302 cm³/mol. The number of likely N-dealkylation sites (tertiary alicyclic amines) is 1. The first-order valence-corrected chi connectivity index (χ1v) is 30.8. The van der Waals surface area contributed by atoms with Gasteiger partial charge in [-0.25, -0.2) is 0 Å². The second-order valence-electron chi connectivity index (χ2n) is 20.2. The Morgan fingerprint density at radius 3 is 1.75 bits per heavy atom. The molecule has 12 heteroatoms. The third-order valence-electron chi connectivity index (χ3n) is 14.8. The maximum Gasteiger partial charge on any atom is 0.0465 e. The fourth-order valence-electron chi connectivity index (χ4n) is 10.7. The van der Waals surface area contributed by atoms with Gasteiger partial charge in [-0.05, 0) is 37.1 Å². The van der Waals surface area contributed by atoms with Gasteiger partial charge in [0.2, 0.25) is 5.91 Å². The fraction of sp³-hybridized carbons (Fsp3) is 0.443. The second-order valence-corrected chi connectivity index (χ2v) is 27.2. The summed E-state index contributed by atoms with van der Waals surface area (Å²) in [6, 6.07) is 42.2. The number of amides is 3. The summed E-state index contributed by atoms with van der Waals surface area (Å²) in [5.41, 5.74) is 2.16. The molecule has 2 aliphatic rings. The maximum atomic E-state index is 13.6. The van der Waals surface area contributed by atoms with E-state index in [4.69, 9.17) is 32.3 Å². The van der Waals surface area contributed by atoms with Gasteiger partial charge in [0, 0.05) is 34.7 Å². The van der Waals surface area contributed by atoms with Crippen molar-refractivity contribution in [1.29, 1.82) is 0 Å². The van der Waals surface area contributed by atoms with Crippen molar-refractivity contribution < 1.29 is 28.7 Å². The number of anilines is 1. The number of hydrogen-bond donors (Lipinski definition) is 2. The van der Waals surface area contributed by atoms with Crippen LogP contribution in [0.2, 0.25) is 5.02 Å². The Balaban J connectivity index is 0.834. The summed E-state index contributed by atoms with van der Waals surface area (Å²) in [6.07, 6.45) is 18.3. The third kappa shape index (κ3) is 14.8. The number of fused-ring (bicyclic) bond motifs is 1. The molecule has 2 heterocycles. The number of carbonyl (C=O) groups excluding carboxylic acids is 4. The molecule has 1 unspecified atom stereocenters. The molecule has 0 spiro atoms. The van der Waals surface area contributed by atoms with Crippen molar-refractivity contribution >= 4 is 74.1 Å². The Bertz CT molecular complexity index is 2480. The van der Waals surface area contributed by atoms with Crippen LogP contribution >= 0.6 is 28.8 Å². The molecule has 0 radical (unpaired) electrons. The monoisotopic (exact) mass is 1050 g/mol. The Morgan fingerprint density at radius 1 is 0.671 bits per heavy atom. The zero-order valence-electron chi connectivity index (χ0n) is 43.0. The number of hydrogen-bond acceptors (Lipinski definition) is 6. The van der Waals surface area contributed by atoms with Crippen LogP contribution in [0.4, 0.5) is 5.69 Å². The summed E-state index contributed by atoms with van der Waals surface area (Å²) in [5.74, 6) is -3.47. The van der Waals surface area contributed by atoms with Crippen LogP contribution in [-0.2, 0) is 19.2 Å². The van der Waals surface area contributed by atoms with Gasteiger partial charge in [-0.1, -0.05) is 94.9 Å². The molecule has 1 saturated heterocycles. The van der Waals surface area contributed by atoms with Crippen LogP contribution in [0.1, 0.15) is 153 Å². The smallest absolute Gasteiger partial charge is 0.0465 e. The Kier molecular flexibility index (Phi) is 20.8. The molecule has 7 rings (SSSR count). The molecular weight excluding hydrogens is 973 g/mol. The minimum Gasteiger partial charge on any atom is -0.0839 e. The van der Waals surface area contributed by atoms with Gasteiger partial charge in [0.25, 0.3) is 0 Å². The zero-order valence-corrected chi connectivity index (χ0v) is 45.4. The van der Waals surface area contributed by atoms with Gasteiger partial charge in [0.15, 0.2) is 6.10 Å². The number of nitrogens with zero attached hydrogens (tertiary/aromatic N) is 1. The minimum absolute atomic E-state index is 0.0106. The third-order valence-corrected chi connectivity index (χ3v) is 22.7. The van der Waals surface area contributed by atoms with Crippen LogP contribution in [0.3, 0.4) is 0 Å². The summed E-state index contributed by atoms with van der Waals surface area (Å²) in [7, 11) is 0. The van der Waals surface area contributed by atoms with Crippen molar-refractivity contribution in [2.24, 2.45) is 0 Å². The first kappa shape index (κ1) is 55.5. The van der Waals surface area contributed by atoms with E-state index < -0.39 is 18.0 Å². The van der Waals surface area contributed by atoms with Crippen molar-refractivity contribution in [3.05, 3.63) is 144 Å². The van der Waals surface area contributed by atoms with E-state index in [2.05, 4.69) is 90.4 Å². The number of benzene rings is 5. The van der Waals surface area contributed by atoms with Gasteiger partial charge >= 0.3 is 221 Å². The molecule has 9 nitrogen and oxygen atoms in total. The quantitative estimate of drug-likeness (QED) is 0.0234. The summed E-state index contributed by atoms with van der Waals surface area (Å²) < 4.78 is 11.8. The number of ether oxygens (including phenoxy) is 2. The number of rotatable bonds is 27. The summed E-state index contributed by atoms with van der Waals surface area (Å²) in [5, 5.41) is 10.1. The van der Waals surface area contributed by atoms with Crippen LogP contribution in [0.25, 0.3) is 0 Å². The molecule has 2 aliphatic heterocycles. The van der Waals surface area contributed by atoms with E-state index in [1.54, 1.807) is 30.0 Å². The number of esters is 1. The number of halogens is 2. The Labute approximate surface area is 444 Å². The van der Waals surface area contributed by atoms with Crippen LogP contribution in [0, 0.1) is 0 Å². The second kappa shape index (κ2) is 27.4. The van der Waals surface area contributed by atoms with E-state index >= 15 is 0 Å². The van der Waals surface area contributed by atoms with Crippen molar-refractivity contribution in [1.82, 2.24) is 10.2 Å². The van der Waals surface area contributed by atoms with E-state index in [1.165, 1.54) is 51.4 Å². The fourth-order valence-corrected chi connectivity index (χ4v) is 17.3. The molecule has 0 bridgehead atoms. The molecular formula is C61H76Cl2N3O6P. The number of unbranched alkanes of at least 4 members (excludes halogenated alkanes) is 12. The average molecular weight is 1050 g/mol. The van der Waals surface area contributed by atoms with E-state index in [-0.39, 0.29) is 36.1 Å². The minimum atomic E-state index is -3.34. The van der Waals surface area contributed by atoms with E-state index in [0.717, 1.165) is 71.7 Å². The zero-order chi connectivity index (χ0) is 51.5. The van der Waals surface area contributed by atoms with Crippen molar-refractivity contribution in [3.63, 3.8) is 0 Å². The van der Waals surface area contributed by atoms with Crippen molar-refractivity contribution in [3.8, 4) is 11.5 Å². The van der Waals surface area contributed by atoms with Gasteiger partial charge in [-0.2, -0.15) is 0 Å². The van der Waals surface area contributed by atoms with Gasteiger partial charge in [-0.3, -0.25) is 14.4 Å². The molecule has 390 valence electrons. The van der Waals surface area contributed by atoms with Crippen LogP contribution in [0.5, 0.6) is 11.5 Å². The molecule has 3 amide bonds. The van der Waals surface area contributed by atoms with Crippen molar-refractivity contribution in [2.75, 3.05) is 24.6 Å². The van der Waals surface area contributed by atoms with E-state index in [0.29, 0.717) is 61.0 Å². The molecule has 5 aromatic carbocycles. The number of carbonyl (C=O) groups is 4. The summed E-state index contributed by atoms with van der Waals surface area (Å²) >= 11 is 15.1. The first-order valence-electron chi connectivity index (χ1n) is 27.0. The number of nitrogens with one attached hydrogen (secondary N) is 2. The van der Waals surface area contributed by atoms with Crippen molar-refractivity contribution in [2.45, 2.75) is 154 Å². The van der Waals surface area contributed by atoms with Gasteiger partial charge in [0.05, 0.1) is 6.42 Å². The largest absolute Gasteiger partial charge is 0.0839 e. The molecule has 1 fully saturated rings. The maximum absolute atomic E-state index is 13.6. The normalized spacial score (nSPS) is 15.8. The van der Waals surface area contributed by atoms with E-state index in [1.807, 2.05) is 36.4 Å². The van der Waals surface area contributed by atoms with Gasteiger partial charge < -0.3 is 14.8 Å². The molecule has 0 aromatic heterocycles. The predicted octanol–water partition coefficient (Wildman–Crippen LogP) is 13.5. The van der Waals surface area contributed by atoms with Crippen LogP contribution in [0.15, 0.2) is 127 Å². The molecule has 2 atom stereocenters. The molecule has 5 aromatic rings. The summed E-state index contributed by atoms with van der Waals surface area (Å²) in [6.45, 7) is 4.98. The molecule has 0 saturated carbocycles. The molecule has 73 heavy (non-hydrogen) atoms. The Hall–Kier alpha value is -5.21. The average Bonchev–Trinajstić information content (AvgIpc) is 3.40. The topological polar surface area (TPSA) is 114 Å². The number of piperidine rings is 1. The Morgan fingerprint density at radius 2 is 1.19 bits per heavy atom. The van der Waals surface area contributed by atoms with Crippen LogP contribution < -0.4 is 36.0 Å². The first-order chi connectivity index (χ1) is 35.5. The van der Waals surface area contributed by atoms with Gasteiger partial charge in [-0.15, -0.1) is 0 Å². The molecule has 0 aliphatic carbocycles. The standard InChI is InChI=1S/C61H76Cl2N3O6P/c1-3-4-5-6-7-8-9-10-11-12-23-32-59(68)65-48-34-36-53(56(62)43-48)55-45-60(69)72-57-44-49(35-37-54(55)57)71-46(2)61(70)66-40-38-47(39-41-66)64-58(67)33-24-16-25-42-73(63,50-26-17-13-18-27-50,51-28-19-14-20-29-51)52-30-21-15-22-31-52/h13-15,17-22,26-31,34-37,43-44,46-47,55H,3-12,16,23-25,32-33,38-42,45H2,1-2H3,(H,64,67)(H,65,68)/t46-,55?/m1/s1.